The van der Waals surface area contributed by atoms with E-state index in [0.717, 1.165) is 51.4 Å². The summed E-state index contributed by atoms with van der Waals surface area (Å²) in [6.45, 7) is 7.02. The molecule has 4 fully saturated rings. The van der Waals surface area contributed by atoms with Gasteiger partial charge in [0.1, 0.15) is 18.3 Å². The fourth-order valence-electron chi connectivity index (χ4n) is 4.85. The Morgan fingerprint density at radius 3 is 2.38 bits per heavy atom. The average molecular weight is 411 g/mol. The minimum atomic E-state index is -0.482. The molecule has 2 saturated heterocycles. The number of carbonyl (C=O) groups is 1. The Morgan fingerprint density at radius 1 is 1.00 bits per heavy atom. The van der Waals surface area contributed by atoms with Gasteiger partial charge in [-0.25, -0.2) is 4.79 Å². The van der Waals surface area contributed by atoms with Crippen LogP contribution in [-0.2, 0) is 33.2 Å². The molecule has 2 heterocycles. The van der Waals surface area contributed by atoms with Crippen LogP contribution >= 0.6 is 0 Å². The largest absolute Gasteiger partial charge is 0.462 e. The molecular weight excluding hydrogens is 376 g/mol. The Hall–Kier alpha value is -0.990. The van der Waals surface area contributed by atoms with Crippen LogP contribution in [0.15, 0.2) is 12.2 Å². The molecule has 2 spiro atoms. The summed E-state index contributed by atoms with van der Waals surface area (Å²) in [5, 5.41) is 0. The van der Waals surface area contributed by atoms with Gasteiger partial charge in [-0.05, 0) is 32.6 Å². The van der Waals surface area contributed by atoms with E-state index in [-0.39, 0.29) is 24.3 Å². The lowest BCUT2D eigenvalue weighted by Gasteiger charge is -2.26. The molecular formula is C22H34O7. The molecule has 0 bridgehead atoms. The first kappa shape index (κ1) is 21.2. The summed E-state index contributed by atoms with van der Waals surface area (Å²) >= 11 is 0. The minimum absolute atomic E-state index is 0.113. The molecule has 3 unspecified atom stereocenters. The monoisotopic (exact) mass is 410 g/mol. The summed E-state index contributed by atoms with van der Waals surface area (Å²) in [6, 6.07) is 0. The van der Waals surface area contributed by atoms with Crippen LogP contribution in [0.3, 0.4) is 0 Å². The first-order chi connectivity index (χ1) is 14.0. The lowest BCUT2D eigenvalue weighted by atomic mass is 10.1. The van der Waals surface area contributed by atoms with Crippen molar-refractivity contribution in [3.05, 3.63) is 12.2 Å². The lowest BCUT2D eigenvalue weighted by Crippen LogP contribution is -2.40. The van der Waals surface area contributed by atoms with Crippen LogP contribution in [0.4, 0.5) is 0 Å². The molecule has 2 saturated carbocycles. The molecule has 0 radical (unpaired) electrons. The first-order valence-electron chi connectivity index (χ1n) is 11.1. The van der Waals surface area contributed by atoms with Crippen LogP contribution in [0.2, 0.25) is 0 Å². The fourth-order valence-corrected chi connectivity index (χ4v) is 4.85. The molecule has 4 rings (SSSR count). The van der Waals surface area contributed by atoms with Gasteiger partial charge in [0.2, 0.25) is 0 Å². The third kappa shape index (κ3) is 4.85. The number of ether oxygens (including phenoxy) is 6. The van der Waals surface area contributed by atoms with Crippen molar-refractivity contribution >= 4 is 5.97 Å². The zero-order chi connectivity index (χ0) is 20.3. The van der Waals surface area contributed by atoms with E-state index in [9.17, 15) is 4.79 Å². The summed E-state index contributed by atoms with van der Waals surface area (Å²) in [5.41, 5.74) is 0.408. The van der Waals surface area contributed by atoms with Crippen LogP contribution in [0.25, 0.3) is 0 Å². The molecule has 3 atom stereocenters. The maximum Gasteiger partial charge on any atom is 0.333 e. The third-order valence-corrected chi connectivity index (χ3v) is 6.35. The van der Waals surface area contributed by atoms with Crippen molar-refractivity contribution < 1.29 is 33.2 Å². The van der Waals surface area contributed by atoms with Gasteiger partial charge >= 0.3 is 5.97 Å². The Morgan fingerprint density at radius 2 is 1.69 bits per heavy atom. The van der Waals surface area contributed by atoms with Gasteiger partial charge in [0.15, 0.2) is 11.6 Å². The molecule has 7 heteroatoms. The molecule has 0 amide bonds. The number of hydrogen-bond acceptors (Lipinski definition) is 7. The predicted molar refractivity (Wildman–Crippen MR) is 104 cm³/mol. The molecule has 164 valence electrons. The van der Waals surface area contributed by atoms with Crippen molar-refractivity contribution in [2.24, 2.45) is 0 Å². The second-order valence-corrected chi connectivity index (χ2v) is 8.79. The summed E-state index contributed by atoms with van der Waals surface area (Å²) in [6.07, 6.45) is 8.52. The van der Waals surface area contributed by atoms with E-state index < -0.39 is 11.6 Å². The minimum Gasteiger partial charge on any atom is -0.462 e. The molecule has 4 aliphatic rings. The predicted octanol–water partition coefficient (Wildman–Crippen LogP) is 3.25. The van der Waals surface area contributed by atoms with Crippen LogP contribution in [-0.4, -0.2) is 62.3 Å². The van der Waals surface area contributed by atoms with Gasteiger partial charge in [0, 0.05) is 44.3 Å². The van der Waals surface area contributed by atoms with Crippen LogP contribution in [0.1, 0.15) is 64.7 Å². The van der Waals surface area contributed by atoms with E-state index in [1.54, 1.807) is 6.92 Å². The summed E-state index contributed by atoms with van der Waals surface area (Å²) in [4.78, 5) is 11.4. The van der Waals surface area contributed by atoms with Gasteiger partial charge in [0.05, 0.1) is 19.8 Å². The second-order valence-electron chi connectivity index (χ2n) is 8.79. The average Bonchev–Trinajstić information content (AvgIpc) is 3.49. The Labute approximate surface area is 173 Å². The molecule has 7 nitrogen and oxygen atoms in total. The van der Waals surface area contributed by atoms with Crippen molar-refractivity contribution in [3.63, 3.8) is 0 Å². The van der Waals surface area contributed by atoms with Gasteiger partial charge < -0.3 is 28.4 Å². The summed E-state index contributed by atoms with van der Waals surface area (Å²) < 4.78 is 36.2. The third-order valence-electron chi connectivity index (χ3n) is 6.35. The van der Waals surface area contributed by atoms with Gasteiger partial charge in [-0.1, -0.05) is 6.58 Å². The van der Waals surface area contributed by atoms with Crippen molar-refractivity contribution in [1.82, 2.24) is 0 Å². The smallest absolute Gasteiger partial charge is 0.333 e. The number of hydrogen-bond donors (Lipinski definition) is 0. The van der Waals surface area contributed by atoms with Gasteiger partial charge in [-0.3, -0.25) is 0 Å². The number of esters is 1. The number of carbonyl (C=O) groups excluding carboxylic acids is 1. The normalized spacial score (nSPS) is 32.4. The maximum absolute atomic E-state index is 11.4. The van der Waals surface area contributed by atoms with E-state index in [1.165, 1.54) is 0 Å². The lowest BCUT2D eigenvalue weighted by molar-refractivity contribution is -0.195. The summed E-state index contributed by atoms with van der Waals surface area (Å²) in [7, 11) is 0. The molecule has 29 heavy (non-hydrogen) atoms. The first-order valence-corrected chi connectivity index (χ1v) is 11.1. The molecule has 0 aromatic rings. The van der Waals surface area contributed by atoms with Crippen LogP contribution in [0, 0.1) is 0 Å². The molecule has 0 N–H and O–H groups in total. The second kappa shape index (κ2) is 9.02. The highest BCUT2D eigenvalue weighted by Crippen LogP contribution is 2.46. The van der Waals surface area contributed by atoms with Gasteiger partial charge in [0.25, 0.3) is 0 Å². The Kier molecular flexibility index (Phi) is 6.61. The van der Waals surface area contributed by atoms with Crippen molar-refractivity contribution in [3.8, 4) is 0 Å². The van der Waals surface area contributed by atoms with Gasteiger partial charge in [-0.2, -0.15) is 0 Å². The maximum atomic E-state index is 11.4. The molecule has 0 aromatic carbocycles. The van der Waals surface area contributed by atoms with Crippen molar-refractivity contribution in [1.29, 1.82) is 0 Å². The van der Waals surface area contributed by atoms with Crippen LogP contribution in [0.5, 0.6) is 0 Å². The SMILES string of the molecule is C=C(C)C(=O)OCCCOCC1OC2(CCCC2)OC1C1COC2(CCCC2)O1. The fraction of sp³-hybridized carbons (Fsp3) is 0.864. The Balaban J connectivity index is 1.27. The Bertz CT molecular complexity index is 592. The zero-order valence-electron chi connectivity index (χ0n) is 17.5. The topological polar surface area (TPSA) is 72.5 Å². The number of rotatable bonds is 8. The summed E-state index contributed by atoms with van der Waals surface area (Å²) in [5.74, 6) is -1.25. The highest BCUT2D eigenvalue weighted by Gasteiger charge is 2.55. The molecule has 0 aromatic heterocycles. The zero-order valence-corrected chi connectivity index (χ0v) is 17.5. The van der Waals surface area contributed by atoms with E-state index in [0.29, 0.717) is 38.4 Å². The van der Waals surface area contributed by atoms with Crippen molar-refractivity contribution in [2.75, 3.05) is 26.4 Å². The molecule has 2 aliphatic carbocycles. The quantitative estimate of drug-likeness (QED) is 0.345. The van der Waals surface area contributed by atoms with E-state index in [1.807, 2.05) is 0 Å². The van der Waals surface area contributed by atoms with Gasteiger partial charge in [-0.15, -0.1) is 0 Å². The highest BCUT2D eigenvalue weighted by atomic mass is 16.8. The van der Waals surface area contributed by atoms with E-state index in [4.69, 9.17) is 28.4 Å². The van der Waals surface area contributed by atoms with E-state index >= 15 is 0 Å². The standard InChI is InChI=1S/C22H34O7/c1-16(2)20(23)25-13-7-12-24-14-17-19(29-22(28-17)10-5-6-11-22)18-15-26-21(27-18)8-3-4-9-21/h17-19H,1,3-15H2,2H3. The van der Waals surface area contributed by atoms with Crippen LogP contribution < -0.4 is 0 Å². The molecule has 2 aliphatic heterocycles. The van der Waals surface area contributed by atoms with E-state index in [2.05, 4.69) is 6.58 Å². The highest BCUT2D eigenvalue weighted by molar-refractivity contribution is 5.86. The van der Waals surface area contributed by atoms with Crippen molar-refractivity contribution in [2.45, 2.75) is 94.6 Å².